The number of rotatable bonds is 1. The van der Waals surface area contributed by atoms with Crippen LogP contribution in [0.15, 0.2) is 30.6 Å². The van der Waals surface area contributed by atoms with Crippen LogP contribution < -0.4 is 0 Å². The van der Waals surface area contributed by atoms with Gasteiger partial charge in [-0.05, 0) is 18.2 Å². The summed E-state index contributed by atoms with van der Waals surface area (Å²) in [6.45, 7) is 0. The van der Waals surface area contributed by atoms with Crippen LogP contribution in [0.25, 0.3) is 5.69 Å². The first-order valence-electron chi connectivity index (χ1n) is 4.11. The number of benzene rings is 1. The summed E-state index contributed by atoms with van der Waals surface area (Å²) < 4.78 is 1.54. The monoisotopic (exact) mass is 237 g/mol. The van der Waals surface area contributed by atoms with Crippen molar-refractivity contribution in [1.29, 1.82) is 5.26 Å². The highest BCUT2D eigenvalue weighted by molar-refractivity contribution is 6.35. The largest absolute Gasteiger partial charge is 0.238 e. The Hall–Kier alpha value is -1.50. The summed E-state index contributed by atoms with van der Waals surface area (Å²) in [4.78, 5) is 0. The Morgan fingerprint density at radius 3 is 2.73 bits per heavy atom. The Labute approximate surface area is 96.5 Å². The molecule has 0 fully saturated rings. The van der Waals surface area contributed by atoms with Crippen molar-refractivity contribution in [3.8, 4) is 11.8 Å². The van der Waals surface area contributed by atoms with Crippen LogP contribution in [0.4, 0.5) is 0 Å². The van der Waals surface area contributed by atoms with E-state index < -0.39 is 0 Å². The molecule has 3 nitrogen and oxygen atoms in total. The fourth-order valence-corrected chi connectivity index (χ4v) is 1.67. The quantitative estimate of drug-likeness (QED) is 0.766. The molecule has 0 bridgehead atoms. The molecule has 0 spiro atoms. The summed E-state index contributed by atoms with van der Waals surface area (Å²) in [5, 5.41) is 13.7. The molecule has 0 N–H and O–H groups in total. The first-order chi connectivity index (χ1) is 7.20. The van der Waals surface area contributed by atoms with E-state index in [-0.39, 0.29) is 0 Å². The molecule has 5 heteroatoms. The Kier molecular flexibility index (Phi) is 2.63. The maximum Gasteiger partial charge on any atom is 0.102 e. The molecule has 2 aromatic rings. The number of hydrogen-bond acceptors (Lipinski definition) is 2. The number of halogens is 2. The van der Waals surface area contributed by atoms with Gasteiger partial charge >= 0.3 is 0 Å². The summed E-state index contributed by atoms with van der Waals surface area (Å²) >= 11 is 11.8. The molecule has 0 atom stereocenters. The van der Waals surface area contributed by atoms with Gasteiger partial charge in [0.25, 0.3) is 0 Å². The summed E-state index contributed by atoms with van der Waals surface area (Å²) in [5.74, 6) is 0. The number of hydrogen-bond donors (Lipinski definition) is 0. The van der Waals surface area contributed by atoms with E-state index >= 15 is 0 Å². The highest BCUT2D eigenvalue weighted by Gasteiger charge is 2.05. The van der Waals surface area contributed by atoms with Crippen LogP contribution in [0.2, 0.25) is 10.0 Å². The van der Waals surface area contributed by atoms with E-state index in [4.69, 9.17) is 28.5 Å². The van der Waals surface area contributed by atoms with Crippen LogP contribution in [-0.4, -0.2) is 9.78 Å². The molecule has 0 unspecified atom stereocenters. The predicted molar refractivity (Wildman–Crippen MR) is 58.3 cm³/mol. The molecule has 0 aliphatic heterocycles. The standard InChI is InChI=1S/C10H5Cl2N3/c11-8-1-2-10(9(12)3-8)15-6-7(4-13)5-14-15/h1-3,5-6H. The molecule has 15 heavy (non-hydrogen) atoms. The molecular weight excluding hydrogens is 233 g/mol. The second-order valence-electron chi connectivity index (χ2n) is 2.88. The molecule has 1 aromatic heterocycles. The van der Waals surface area contributed by atoms with Gasteiger partial charge in [-0.3, -0.25) is 0 Å². The normalized spacial score (nSPS) is 9.93. The van der Waals surface area contributed by atoms with Crippen LogP contribution in [0.1, 0.15) is 5.56 Å². The summed E-state index contributed by atoms with van der Waals surface area (Å²) in [7, 11) is 0. The second kappa shape index (κ2) is 3.93. The Morgan fingerprint density at radius 1 is 1.33 bits per heavy atom. The second-order valence-corrected chi connectivity index (χ2v) is 3.72. The fraction of sp³-hybridized carbons (Fsp3) is 0. The van der Waals surface area contributed by atoms with Crippen molar-refractivity contribution in [3.05, 3.63) is 46.2 Å². The van der Waals surface area contributed by atoms with Gasteiger partial charge in [0.2, 0.25) is 0 Å². The lowest BCUT2D eigenvalue weighted by molar-refractivity contribution is 0.881. The van der Waals surface area contributed by atoms with Crippen LogP contribution in [-0.2, 0) is 0 Å². The zero-order valence-corrected chi connectivity index (χ0v) is 9.00. The molecule has 2 rings (SSSR count). The Morgan fingerprint density at radius 2 is 2.13 bits per heavy atom. The number of nitriles is 1. The van der Waals surface area contributed by atoms with Crippen LogP contribution in [0.5, 0.6) is 0 Å². The smallest absolute Gasteiger partial charge is 0.102 e. The van der Waals surface area contributed by atoms with Gasteiger partial charge in [-0.15, -0.1) is 0 Å². The minimum atomic E-state index is 0.487. The molecule has 0 saturated carbocycles. The van der Waals surface area contributed by atoms with E-state index in [1.165, 1.54) is 10.9 Å². The highest BCUT2D eigenvalue weighted by Crippen LogP contribution is 2.23. The summed E-state index contributed by atoms with van der Waals surface area (Å²) in [6, 6.07) is 7.09. The highest BCUT2D eigenvalue weighted by atomic mass is 35.5. The average molecular weight is 238 g/mol. The first-order valence-corrected chi connectivity index (χ1v) is 4.86. The molecular formula is C10H5Cl2N3. The van der Waals surface area contributed by atoms with E-state index in [0.717, 1.165) is 0 Å². The molecule has 0 aliphatic rings. The van der Waals surface area contributed by atoms with Gasteiger partial charge < -0.3 is 0 Å². The average Bonchev–Trinajstić information content (AvgIpc) is 2.66. The van der Waals surface area contributed by atoms with Gasteiger partial charge in [0, 0.05) is 11.2 Å². The van der Waals surface area contributed by atoms with Crippen molar-refractivity contribution in [1.82, 2.24) is 9.78 Å². The summed E-state index contributed by atoms with van der Waals surface area (Å²) in [5.41, 5.74) is 1.18. The lowest BCUT2D eigenvalue weighted by Crippen LogP contribution is -1.94. The third kappa shape index (κ3) is 1.96. The Balaban J connectivity index is 2.50. The molecule has 0 aliphatic carbocycles. The van der Waals surface area contributed by atoms with Crippen molar-refractivity contribution in [2.45, 2.75) is 0 Å². The van der Waals surface area contributed by atoms with E-state index in [9.17, 15) is 0 Å². The topological polar surface area (TPSA) is 41.6 Å². The van der Waals surface area contributed by atoms with Crippen molar-refractivity contribution < 1.29 is 0 Å². The molecule has 0 saturated heterocycles. The minimum absolute atomic E-state index is 0.487. The van der Waals surface area contributed by atoms with Crippen LogP contribution in [0, 0.1) is 11.3 Å². The van der Waals surface area contributed by atoms with E-state index in [0.29, 0.717) is 21.3 Å². The van der Waals surface area contributed by atoms with E-state index in [1.54, 1.807) is 24.4 Å². The molecule has 0 radical (unpaired) electrons. The molecule has 0 amide bonds. The van der Waals surface area contributed by atoms with Crippen molar-refractivity contribution in [2.75, 3.05) is 0 Å². The maximum atomic E-state index is 8.65. The fourth-order valence-electron chi connectivity index (χ4n) is 1.18. The van der Waals surface area contributed by atoms with E-state index in [2.05, 4.69) is 5.10 Å². The third-order valence-corrected chi connectivity index (χ3v) is 2.41. The SMILES string of the molecule is N#Cc1cnn(-c2ccc(Cl)cc2Cl)c1. The number of nitrogens with zero attached hydrogens (tertiary/aromatic N) is 3. The molecule has 74 valence electrons. The van der Waals surface area contributed by atoms with Gasteiger partial charge in [0.1, 0.15) is 6.07 Å². The maximum absolute atomic E-state index is 8.65. The lowest BCUT2D eigenvalue weighted by atomic mass is 10.3. The molecule has 1 heterocycles. The van der Waals surface area contributed by atoms with Crippen molar-refractivity contribution in [2.24, 2.45) is 0 Å². The molecule has 1 aromatic carbocycles. The van der Waals surface area contributed by atoms with Gasteiger partial charge in [0.05, 0.1) is 22.5 Å². The lowest BCUT2D eigenvalue weighted by Gasteiger charge is -2.03. The zero-order chi connectivity index (χ0) is 10.8. The van der Waals surface area contributed by atoms with Crippen molar-refractivity contribution >= 4 is 23.2 Å². The van der Waals surface area contributed by atoms with E-state index in [1.807, 2.05) is 6.07 Å². The van der Waals surface area contributed by atoms with Gasteiger partial charge in [-0.2, -0.15) is 10.4 Å². The Bertz CT molecular complexity index is 540. The third-order valence-electron chi connectivity index (χ3n) is 1.87. The van der Waals surface area contributed by atoms with Crippen LogP contribution >= 0.6 is 23.2 Å². The summed E-state index contributed by atoms with van der Waals surface area (Å²) in [6.07, 6.45) is 3.08. The van der Waals surface area contributed by atoms with Gasteiger partial charge in [-0.25, -0.2) is 4.68 Å². The van der Waals surface area contributed by atoms with Crippen LogP contribution in [0.3, 0.4) is 0 Å². The van der Waals surface area contributed by atoms with Gasteiger partial charge in [0.15, 0.2) is 0 Å². The predicted octanol–water partition coefficient (Wildman–Crippen LogP) is 3.05. The van der Waals surface area contributed by atoms with Crippen molar-refractivity contribution in [3.63, 3.8) is 0 Å². The first kappa shape index (κ1) is 10.0. The number of aromatic nitrogens is 2. The zero-order valence-electron chi connectivity index (χ0n) is 7.48. The minimum Gasteiger partial charge on any atom is -0.238 e. The van der Waals surface area contributed by atoms with Gasteiger partial charge in [-0.1, -0.05) is 23.2 Å².